The van der Waals surface area contributed by atoms with Crippen molar-refractivity contribution in [2.75, 3.05) is 13.2 Å². The van der Waals surface area contributed by atoms with E-state index in [0.717, 1.165) is 30.4 Å². The van der Waals surface area contributed by atoms with Crippen molar-refractivity contribution >= 4 is 30.3 Å². The van der Waals surface area contributed by atoms with Gasteiger partial charge >= 0.3 is 0 Å². The molecule has 0 aromatic heterocycles. The lowest BCUT2D eigenvalue weighted by molar-refractivity contribution is 0.0721. The molecular formula is C16H22NO4PS. The van der Waals surface area contributed by atoms with E-state index in [1.807, 2.05) is 13.8 Å². The van der Waals surface area contributed by atoms with Crippen molar-refractivity contribution in [3.8, 4) is 0 Å². The largest absolute Gasteiger partial charge is 0.313 e. The van der Waals surface area contributed by atoms with E-state index in [1.54, 1.807) is 24.3 Å². The molecule has 0 saturated heterocycles. The molecular weight excluding hydrogens is 333 g/mol. The predicted octanol–water partition coefficient (Wildman–Crippen LogP) is 4.14. The summed E-state index contributed by atoms with van der Waals surface area (Å²) in [5, 5.41) is 0. The second-order valence-electron chi connectivity index (χ2n) is 5.31. The van der Waals surface area contributed by atoms with Gasteiger partial charge in [0.1, 0.15) is 0 Å². The molecule has 7 heteroatoms. The Bertz CT molecular complexity index is 585. The third kappa shape index (κ3) is 3.89. The van der Waals surface area contributed by atoms with E-state index in [9.17, 15) is 9.59 Å². The molecule has 5 nitrogen and oxygen atoms in total. The molecule has 2 amide bonds. The summed E-state index contributed by atoms with van der Waals surface area (Å²) in [5.74, 6) is -0.830. The highest BCUT2D eigenvalue weighted by Crippen LogP contribution is 2.56. The summed E-state index contributed by atoms with van der Waals surface area (Å²) in [6.45, 7) is 1.68. The summed E-state index contributed by atoms with van der Waals surface area (Å²) in [7, 11) is 0. The minimum Gasteiger partial charge on any atom is -0.313 e. The quantitative estimate of drug-likeness (QED) is 0.378. The van der Waals surface area contributed by atoms with Crippen LogP contribution in [0.3, 0.4) is 0 Å². The Morgan fingerprint density at radius 1 is 0.957 bits per heavy atom. The SMILES string of the molecule is CCCCOP(=S)(OCCCC)N1C(=O)c2ccccc2C1=O. The van der Waals surface area contributed by atoms with Crippen LogP contribution < -0.4 is 0 Å². The average Bonchev–Trinajstić information content (AvgIpc) is 2.80. The molecule has 0 radical (unpaired) electrons. The number of carbonyl (C=O) groups excluding carboxylic acids is 2. The van der Waals surface area contributed by atoms with Crippen LogP contribution in [0.4, 0.5) is 0 Å². The molecule has 0 fully saturated rings. The summed E-state index contributed by atoms with van der Waals surface area (Å²) < 4.78 is 12.6. The summed E-state index contributed by atoms with van der Waals surface area (Å²) in [6.07, 6.45) is 3.48. The number of carbonyl (C=O) groups is 2. The predicted molar refractivity (Wildman–Crippen MR) is 92.9 cm³/mol. The highest BCUT2D eigenvalue weighted by Gasteiger charge is 2.45. The summed E-state index contributed by atoms with van der Waals surface area (Å²) in [6, 6.07) is 6.72. The molecule has 0 bridgehead atoms. The molecule has 1 aromatic rings. The molecule has 1 aliphatic rings. The van der Waals surface area contributed by atoms with Gasteiger partial charge < -0.3 is 9.05 Å². The lowest BCUT2D eigenvalue weighted by Crippen LogP contribution is -2.29. The van der Waals surface area contributed by atoms with Gasteiger partial charge in [-0.15, -0.1) is 0 Å². The van der Waals surface area contributed by atoms with Gasteiger partial charge in [-0.1, -0.05) is 38.8 Å². The summed E-state index contributed by atoms with van der Waals surface area (Å²) in [5.41, 5.74) is 0.731. The Kier molecular flexibility index (Phi) is 6.48. The number of benzene rings is 1. The van der Waals surface area contributed by atoms with E-state index in [0.29, 0.717) is 24.3 Å². The number of rotatable bonds is 9. The lowest BCUT2D eigenvalue weighted by atomic mass is 10.1. The van der Waals surface area contributed by atoms with Crippen molar-refractivity contribution in [3.05, 3.63) is 35.4 Å². The molecule has 0 saturated carbocycles. The number of hydrogen-bond acceptors (Lipinski definition) is 5. The van der Waals surface area contributed by atoms with Crippen molar-refractivity contribution in [1.82, 2.24) is 4.67 Å². The first-order valence-corrected chi connectivity index (χ1v) is 10.5. The van der Waals surface area contributed by atoms with Crippen LogP contribution in [0.5, 0.6) is 0 Å². The molecule has 2 rings (SSSR count). The van der Waals surface area contributed by atoms with Crippen molar-refractivity contribution in [2.24, 2.45) is 0 Å². The standard InChI is InChI=1S/C16H22NO4PS/c1-3-5-11-20-22(23,21-12-6-4-2)17-15(18)13-9-7-8-10-14(13)16(17)19/h7-10H,3-6,11-12H2,1-2H3. The molecule has 23 heavy (non-hydrogen) atoms. The van der Waals surface area contributed by atoms with Gasteiger partial charge in [0.25, 0.3) is 18.5 Å². The van der Waals surface area contributed by atoms with Crippen molar-refractivity contribution in [3.63, 3.8) is 0 Å². The van der Waals surface area contributed by atoms with Crippen LogP contribution >= 0.6 is 6.64 Å². The minimum absolute atomic E-state index is 0.366. The van der Waals surface area contributed by atoms with E-state index in [1.165, 1.54) is 0 Å². The first-order valence-electron chi connectivity index (χ1n) is 7.92. The highest BCUT2D eigenvalue weighted by molar-refractivity contribution is 8.09. The molecule has 126 valence electrons. The van der Waals surface area contributed by atoms with Crippen LogP contribution in [-0.2, 0) is 20.9 Å². The topological polar surface area (TPSA) is 55.8 Å². The van der Waals surface area contributed by atoms with Gasteiger partial charge in [0, 0.05) is 0 Å². The van der Waals surface area contributed by atoms with E-state index in [4.69, 9.17) is 20.9 Å². The molecule has 0 N–H and O–H groups in total. The van der Waals surface area contributed by atoms with Gasteiger partial charge in [0.15, 0.2) is 0 Å². The molecule has 1 aliphatic heterocycles. The van der Waals surface area contributed by atoms with Gasteiger partial charge in [-0.25, -0.2) is 0 Å². The number of nitrogens with zero attached hydrogens (tertiary/aromatic N) is 1. The number of fused-ring (bicyclic) bond motifs is 1. The van der Waals surface area contributed by atoms with Crippen LogP contribution in [0.2, 0.25) is 0 Å². The molecule has 1 aromatic carbocycles. The monoisotopic (exact) mass is 355 g/mol. The normalized spacial score (nSPS) is 14.4. The fourth-order valence-electron chi connectivity index (χ4n) is 2.20. The zero-order valence-electron chi connectivity index (χ0n) is 13.5. The molecule has 0 spiro atoms. The van der Waals surface area contributed by atoms with E-state index >= 15 is 0 Å². The Hall–Kier alpha value is -1.07. The molecule has 0 aliphatic carbocycles. The van der Waals surface area contributed by atoms with Crippen LogP contribution in [0.15, 0.2) is 24.3 Å². The van der Waals surface area contributed by atoms with Gasteiger partial charge in [-0.3, -0.25) is 9.59 Å². The fraction of sp³-hybridized carbons (Fsp3) is 0.500. The number of imide groups is 1. The Morgan fingerprint density at radius 2 is 1.39 bits per heavy atom. The third-order valence-electron chi connectivity index (χ3n) is 3.52. The Morgan fingerprint density at radius 3 is 1.78 bits per heavy atom. The van der Waals surface area contributed by atoms with Gasteiger partial charge in [0.2, 0.25) is 0 Å². The minimum atomic E-state index is -3.15. The Balaban J connectivity index is 2.26. The number of amides is 2. The zero-order valence-corrected chi connectivity index (χ0v) is 15.2. The second kappa shape index (κ2) is 8.15. The maximum absolute atomic E-state index is 12.6. The average molecular weight is 355 g/mol. The summed E-state index contributed by atoms with van der Waals surface area (Å²) in [4.78, 5) is 25.3. The Labute approximate surface area is 142 Å². The lowest BCUT2D eigenvalue weighted by Gasteiger charge is -2.29. The number of unbranched alkanes of at least 4 members (excludes halogenated alkanes) is 2. The van der Waals surface area contributed by atoms with Gasteiger partial charge in [-0.2, -0.15) is 4.67 Å². The summed E-state index contributed by atoms with van der Waals surface area (Å²) >= 11 is 5.54. The molecule has 0 atom stereocenters. The second-order valence-corrected chi connectivity index (χ2v) is 8.55. The van der Waals surface area contributed by atoms with Crippen LogP contribution in [0.25, 0.3) is 0 Å². The number of hydrogen-bond donors (Lipinski definition) is 0. The van der Waals surface area contributed by atoms with Crippen molar-refractivity contribution in [1.29, 1.82) is 0 Å². The van der Waals surface area contributed by atoms with Crippen molar-refractivity contribution in [2.45, 2.75) is 39.5 Å². The molecule has 0 unspecified atom stereocenters. The van der Waals surface area contributed by atoms with Crippen LogP contribution in [0, 0.1) is 0 Å². The van der Waals surface area contributed by atoms with E-state index < -0.39 is 18.5 Å². The van der Waals surface area contributed by atoms with E-state index in [-0.39, 0.29) is 0 Å². The maximum atomic E-state index is 12.6. The van der Waals surface area contributed by atoms with Gasteiger partial charge in [0.05, 0.1) is 24.3 Å². The van der Waals surface area contributed by atoms with E-state index in [2.05, 4.69) is 0 Å². The smallest absolute Gasteiger partial charge is 0.299 e. The maximum Gasteiger partial charge on any atom is 0.299 e. The highest BCUT2D eigenvalue weighted by atomic mass is 32.5. The third-order valence-corrected chi connectivity index (χ3v) is 6.52. The van der Waals surface area contributed by atoms with Gasteiger partial charge in [-0.05, 0) is 36.8 Å². The molecule has 1 heterocycles. The van der Waals surface area contributed by atoms with Crippen LogP contribution in [-0.4, -0.2) is 29.7 Å². The first kappa shape index (κ1) is 18.3. The van der Waals surface area contributed by atoms with Crippen molar-refractivity contribution < 1.29 is 18.6 Å². The first-order chi connectivity index (χ1) is 11.0. The zero-order chi connectivity index (χ0) is 16.9. The fourth-order valence-corrected chi connectivity index (χ4v) is 4.78. The van der Waals surface area contributed by atoms with Crippen LogP contribution in [0.1, 0.15) is 60.2 Å².